The van der Waals surface area contributed by atoms with Gasteiger partial charge in [0.25, 0.3) is 11.1 Å². The molecule has 2 aromatic carbocycles. The highest BCUT2D eigenvalue weighted by atomic mass is 35.5. The SMILES string of the molecule is Cc1ccc(NCN2C(=O)S/C(=C/c3ccccc3)C2=O)cc1Cl. The molecule has 0 bridgehead atoms. The molecule has 2 aromatic rings. The highest BCUT2D eigenvalue weighted by Gasteiger charge is 2.34. The predicted molar refractivity (Wildman–Crippen MR) is 98.9 cm³/mol. The molecule has 1 heterocycles. The molecule has 122 valence electrons. The van der Waals surface area contributed by atoms with Gasteiger partial charge >= 0.3 is 0 Å². The Morgan fingerprint density at radius 3 is 2.62 bits per heavy atom. The van der Waals surface area contributed by atoms with E-state index in [-0.39, 0.29) is 17.8 Å². The zero-order chi connectivity index (χ0) is 17.1. The van der Waals surface area contributed by atoms with Crippen LogP contribution in [-0.4, -0.2) is 22.7 Å². The van der Waals surface area contributed by atoms with Gasteiger partial charge in [-0.3, -0.25) is 14.5 Å². The molecular formula is C18H15ClN2O2S. The molecule has 0 unspecified atom stereocenters. The van der Waals surface area contributed by atoms with Gasteiger partial charge in [-0.05, 0) is 48.0 Å². The number of anilines is 1. The summed E-state index contributed by atoms with van der Waals surface area (Å²) in [5, 5.41) is 3.41. The van der Waals surface area contributed by atoms with Crippen LogP contribution < -0.4 is 5.32 Å². The fourth-order valence-electron chi connectivity index (χ4n) is 2.21. The minimum atomic E-state index is -0.292. The Hall–Kier alpha value is -2.24. The Balaban J connectivity index is 1.70. The Morgan fingerprint density at radius 2 is 1.92 bits per heavy atom. The summed E-state index contributed by atoms with van der Waals surface area (Å²) < 4.78 is 0. The summed E-state index contributed by atoms with van der Waals surface area (Å²) in [4.78, 5) is 26.1. The van der Waals surface area contributed by atoms with Crippen molar-refractivity contribution in [1.82, 2.24) is 4.90 Å². The number of rotatable bonds is 4. The molecule has 0 atom stereocenters. The van der Waals surface area contributed by atoms with Gasteiger partial charge in [0, 0.05) is 10.7 Å². The largest absolute Gasteiger partial charge is 0.367 e. The van der Waals surface area contributed by atoms with Crippen LogP contribution in [0.5, 0.6) is 0 Å². The van der Waals surface area contributed by atoms with E-state index < -0.39 is 0 Å². The molecule has 3 rings (SSSR count). The van der Waals surface area contributed by atoms with Crippen LogP contribution in [-0.2, 0) is 4.79 Å². The number of imide groups is 1. The van der Waals surface area contributed by atoms with Crippen molar-refractivity contribution in [2.45, 2.75) is 6.92 Å². The minimum Gasteiger partial charge on any atom is -0.367 e. The highest BCUT2D eigenvalue weighted by Crippen LogP contribution is 2.32. The third-order valence-electron chi connectivity index (χ3n) is 3.58. The zero-order valence-electron chi connectivity index (χ0n) is 13.0. The van der Waals surface area contributed by atoms with Crippen LogP contribution in [0.25, 0.3) is 6.08 Å². The van der Waals surface area contributed by atoms with Crippen LogP contribution in [0.4, 0.5) is 10.5 Å². The Morgan fingerprint density at radius 1 is 1.17 bits per heavy atom. The average molecular weight is 359 g/mol. The molecule has 0 aromatic heterocycles. The van der Waals surface area contributed by atoms with Crippen LogP contribution in [0.1, 0.15) is 11.1 Å². The first-order valence-corrected chi connectivity index (χ1v) is 8.54. The maximum absolute atomic E-state index is 12.4. The molecule has 2 amide bonds. The van der Waals surface area contributed by atoms with Gasteiger partial charge in [0.1, 0.15) is 0 Å². The molecule has 1 saturated heterocycles. The molecule has 0 spiro atoms. The summed E-state index contributed by atoms with van der Waals surface area (Å²) in [6.45, 7) is 2.02. The lowest BCUT2D eigenvalue weighted by molar-refractivity contribution is -0.122. The van der Waals surface area contributed by atoms with Gasteiger partial charge in [0.05, 0.1) is 11.6 Å². The lowest BCUT2D eigenvalue weighted by Crippen LogP contribution is -2.33. The molecule has 6 heteroatoms. The number of nitrogens with one attached hydrogen (secondary N) is 1. The number of thioether (sulfide) groups is 1. The quantitative estimate of drug-likeness (QED) is 0.801. The van der Waals surface area contributed by atoms with E-state index in [0.29, 0.717) is 9.93 Å². The molecule has 4 nitrogen and oxygen atoms in total. The number of amides is 2. The maximum Gasteiger partial charge on any atom is 0.295 e. The number of carbonyl (C=O) groups is 2. The lowest BCUT2D eigenvalue weighted by atomic mass is 10.2. The van der Waals surface area contributed by atoms with Crippen molar-refractivity contribution in [2.75, 3.05) is 12.0 Å². The smallest absolute Gasteiger partial charge is 0.295 e. The van der Waals surface area contributed by atoms with E-state index in [1.165, 1.54) is 4.90 Å². The van der Waals surface area contributed by atoms with Crippen LogP contribution in [0.2, 0.25) is 5.02 Å². The summed E-state index contributed by atoms with van der Waals surface area (Å²) in [5.41, 5.74) is 2.62. The molecule has 24 heavy (non-hydrogen) atoms. The van der Waals surface area contributed by atoms with Crippen LogP contribution in [0, 0.1) is 6.92 Å². The first kappa shape index (κ1) is 16.6. The molecule has 0 aliphatic carbocycles. The van der Waals surface area contributed by atoms with Crippen molar-refractivity contribution in [3.8, 4) is 0 Å². The second-order valence-corrected chi connectivity index (χ2v) is 6.72. The van der Waals surface area contributed by atoms with Gasteiger partial charge in [-0.2, -0.15) is 0 Å². The average Bonchev–Trinajstić information content (AvgIpc) is 2.83. The number of aryl methyl sites for hydroxylation is 1. The standard InChI is InChI=1S/C18H15ClN2O2S/c1-12-7-8-14(10-15(12)19)20-11-21-17(22)16(24-18(21)23)9-13-5-3-2-4-6-13/h2-10,20H,11H2,1H3/b16-9+. The summed E-state index contributed by atoms with van der Waals surface area (Å²) in [6, 6.07) is 15.0. The van der Waals surface area contributed by atoms with Crippen molar-refractivity contribution in [3.63, 3.8) is 0 Å². The van der Waals surface area contributed by atoms with Crippen molar-refractivity contribution in [1.29, 1.82) is 0 Å². The van der Waals surface area contributed by atoms with Crippen LogP contribution in [0.15, 0.2) is 53.4 Å². The number of hydrogen-bond donors (Lipinski definition) is 1. The summed E-state index contributed by atoms with van der Waals surface area (Å²) in [6.07, 6.45) is 1.73. The Kier molecular flexibility index (Phi) is 4.92. The molecular weight excluding hydrogens is 344 g/mol. The van der Waals surface area contributed by atoms with Crippen molar-refractivity contribution >= 4 is 46.3 Å². The number of hydrogen-bond acceptors (Lipinski definition) is 4. The monoisotopic (exact) mass is 358 g/mol. The van der Waals surface area contributed by atoms with E-state index in [2.05, 4.69) is 5.32 Å². The third-order valence-corrected chi connectivity index (χ3v) is 4.90. The number of carbonyl (C=O) groups excluding carboxylic acids is 2. The molecule has 1 aliphatic rings. The van der Waals surface area contributed by atoms with E-state index in [1.807, 2.05) is 49.4 Å². The zero-order valence-corrected chi connectivity index (χ0v) is 14.5. The van der Waals surface area contributed by atoms with Gasteiger partial charge in [0.15, 0.2) is 0 Å². The fraction of sp³-hybridized carbons (Fsp3) is 0.111. The van der Waals surface area contributed by atoms with Gasteiger partial charge in [0.2, 0.25) is 0 Å². The van der Waals surface area contributed by atoms with Gasteiger partial charge < -0.3 is 5.32 Å². The topological polar surface area (TPSA) is 49.4 Å². The van der Waals surface area contributed by atoms with Crippen LogP contribution in [0.3, 0.4) is 0 Å². The first-order chi connectivity index (χ1) is 11.5. The normalized spacial score (nSPS) is 16.1. The van der Waals surface area contributed by atoms with E-state index in [1.54, 1.807) is 12.1 Å². The molecule has 0 saturated carbocycles. The van der Waals surface area contributed by atoms with Gasteiger partial charge in [-0.1, -0.05) is 48.0 Å². The number of benzene rings is 2. The molecule has 0 radical (unpaired) electrons. The highest BCUT2D eigenvalue weighted by molar-refractivity contribution is 8.18. The first-order valence-electron chi connectivity index (χ1n) is 7.35. The van der Waals surface area contributed by atoms with Gasteiger partial charge in [-0.15, -0.1) is 0 Å². The molecule has 1 fully saturated rings. The van der Waals surface area contributed by atoms with Crippen molar-refractivity contribution < 1.29 is 9.59 Å². The van der Waals surface area contributed by atoms with Gasteiger partial charge in [-0.25, -0.2) is 0 Å². The fourth-order valence-corrected chi connectivity index (χ4v) is 3.23. The second kappa shape index (κ2) is 7.11. The summed E-state index contributed by atoms with van der Waals surface area (Å²) in [7, 11) is 0. The van der Waals surface area contributed by atoms with Crippen molar-refractivity contribution in [2.24, 2.45) is 0 Å². The van der Waals surface area contributed by atoms with Crippen molar-refractivity contribution in [3.05, 3.63) is 69.6 Å². The Labute approximate surface area is 149 Å². The lowest BCUT2D eigenvalue weighted by Gasteiger charge is -2.15. The summed E-state index contributed by atoms with van der Waals surface area (Å²) >= 11 is 7.03. The van der Waals surface area contributed by atoms with E-state index >= 15 is 0 Å². The number of halogens is 1. The second-order valence-electron chi connectivity index (χ2n) is 5.32. The molecule has 1 aliphatic heterocycles. The summed E-state index contributed by atoms with van der Waals surface area (Å²) in [5.74, 6) is -0.292. The van der Waals surface area contributed by atoms with E-state index in [4.69, 9.17) is 11.6 Å². The minimum absolute atomic E-state index is 0.107. The number of nitrogens with zero attached hydrogens (tertiary/aromatic N) is 1. The van der Waals surface area contributed by atoms with Crippen LogP contribution >= 0.6 is 23.4 Å². The van der Waals surface area contributed by atoms with E-state index in [9.17, 15) is 9.59 Å². The third kappa shape index (κ3) is 3.63. The maximum atomic E-state index is 12.4. The predicted octanol–water partition coefficient (Wildman–Crippen LogP) is 4.75. The molecule has 1 N–H and O–H groups in total. The van der Waals surface area contributed by atoms with E-state index in [0.717, 1.165) is 28.6 Å². The Bertz CT molecular complexity index is 821.